The van der Waals surface area contributed by atoms with Crippen LogP contribution in [0.4, 0.5) is 0 Å². The Morgan fingerprint density at radius 1 is 1.00 bits per heavy atom. The predicted octanol–water partition coefficient (Wildman–Crippen LogP) is 7.13. The van der Waals surface area contributed by atoms with E-state index in [0.29, 0.717) is 5.41 Å². The van der Waals surface area contributed by atoms with Gasteiger partial charge in [0.2, 0.25) is 0 Å². The molecule has 26 heavy (non-hydrogen) atoms. The summed E-state index contributed by atoms with van der Waals surface area (Å²) in [6.07, 6.45) is 25.3. The van der Waals surface area contributed by atoms with Crippen LogP contribution in [0, 0.1) is 17.3 Å². The zero-order chi connectivity index (χ0) is 18.6. The first-order valence-corrected chi connectivity index (χ1v) is 11.1. The van der Waals surface area contributed by atoms with E-state index in [2.05, 4.69) is 31.2 Å². The molecule has 1 N–H and O–H groups in total. The van der Waals surface area contributed by atoms with E-state index in [1.54, 1.807) is 11.1 Å². The molecule has 1 heteroatoms. The van der Waals surface area contributed by atoms with E-state index in [1.165, 1.54) is 70.6 Å². The van der Waals surface area contributed by atoms with E-state index in [4.69, 9.17) is 0 Å². The highest BCUT2D eigenvalue weighted by Gasteiger charge is 2.48. The van der Waals surface area contributed by atoms with Gasteiger partial charge < -0.3 is 5.11 Å². The first-order valence-electron chi connectivity index (χ1n) is 11.1. The number of fused-ring (bicyclic) bond motifs is 1. The van der Waals surface area contributed by atoms with Gasteiger partial charge in [-0.2, -0.15) is 0 Å². The lowest BCUT2D eigenvalue weighted by molar-refractivity contribution is 0.0837. The molecule has 3 aliphatic carbocycles. The van der Waals surface area contributed by atoms with Crippen molar-refractivity contribution in [3.8, 4) is 0 Å². The van der Waals surface area contributed by atoms with Crippen LogP contribution in [-0.4, -0.2) is 10.7 Å². The van der Waals surface area contributed by atoms with Crippen molar-refractivity contribution in [2.75, 3.05) is 0 Å². The zero-order valence-corrected chi connectivity index (χ0v) is 17.4. The molecule has 146 valence electrons. The third kappa shape index (κ3) is 4.91. The van der Waals surface area contributed by atoms with Gasteiger partial charge in [-0.3, -0.25) is 0 Å². The van der Waals surface area contributed by atoms with Crippen LogP contribution >= 0.6 is 0 Å². The smallest absolute Gasteiger partial charge is 0.0626 e. The minimum absolute atomic E-state index is 0.494. The average Bonchev–Trinajstić information content (AvgIpc) is 2.94. The Balaban J connectivity index is 1.64. The van der Waals surface area contributed by atoms with Crippen LogP contribution in [-0.2, 0) is 0 Å². The summed E-state index contributed by atoms with van der Waals surface area (Å²) in [5.41, 5.74) is 3.36. The molecule has 0 aromatic heterocycles. The third-order valence-corrected chi connectivity index (χ3v) is 7.39. The molecule has 3 unspecified atom stereocenters. The second-order valence-electron chi connectivity index (χ2n) is 10.0. The van der Waals surface area contributed by atoms with Gasteiger partial charge in [0, 0.05) is 0 Å². The number of rotatable bonds is 5. The maximum Gasteiger partial charge on any atom is 0.0626 e. The van der Waals surface area contributed by atoms with E-state index >= 15 is 0 Å². The lowest BCUT2D eigenvalue weighted by Gasteiger charge is -2.42. The molecule has 0 radical (unpaired) electrons. The number of allylic oxidation sites excluding steroid dienone is 5. The molecule has 3 fully saturated rings. The van der Waals surface area contributed by atoms with Gasteiger partial charge in [-0.25, -0.2) is 0 Å². The lowest BCUT2D eigenvalue weighted by Crippen LogP contribution is -2.33. The Hall–Kier alpha value is -0.820. The fourth-order valence-electron chi connectivity index (χ4n) is 5.76. The van der Waals surface area contributed by atoms with Gasteiger partial charge in [0.05, 0.1) is 5.60 Å². The van der Waals surface area contributed by atoms with Crippen molar-refractivity contribution in [3.63, 3.8) is 0 Å². The summed E-state index contributed by atoms with van der Waals surface area (Å²) in [4.78, 5) is 0. The number of hydrogen-bond donors (Lipinski definition) is 1. The van der Waals surface area contributed by atoms with E-state index in [1.807, 2.05) is 13.8 Å². The molecule has 3 atom stereocenters. The molecule has 0 spiro atoms. The van der Waals surface area contributed by atoms with Crippen LogP contribution in [0.25, 0.3) is 0 Å². The first kappa shape index (κ1) is 19.9. The fraction of sp³-hybridized carbons (Fsp3) is 0.760. The molecular weight excluding hydrogens is 316 g/mol. The van der Waals surface area contributed by atoms with Crippen LogP contribution < -0.4 is 0 Å². The van der Waals surface area contributed by atoms with Gasteiger partial charge >= 0.3 is 0 Å². The Kier molecular flexibility index (Phi) is 6.49. The van der Waals surface area contributed by atoms with E-state index in [0.717, 1.165) is 18.3 Å². The zero-order valence-electron chi connectivity index (χ0n) is 17.4. The van der Waals surface area contributed by atoms with E-state index in [9.17, 15) is 5.11 Å². The normalized spacial score (nSPS) is 34.5. The summed E-state index contributed by atoms with van der Waals surface area (Å²) in [5.74, 6) is 1.63. The van der Waals surface area contributed by atoms with Crippen LogP contribution in [0.15, 0.2) is 35.5 Å². The van der Waals surface area contributed by atoms with E-state index < -0.39 is 5.60 Å². The molecule has 0 aromatic carbocycles. The lowest BCUT2D eigenvalue weighted by atomic mass is 9.63. The summed E-state index contributed by atoms with van der Waals surface area (Å²) in [6.45, 7) is 6.35. The topological polar surface area (TPSA) is 20.2 Å². The van der Waals surface area contributed by atoms with Gasteiger partial charge in [0.1, 0.15) is 0 Å². The van der Waals surface area contributed by atoms with Crippen molar-refractivity contribution in [2.45, 2.75) is 103 Å². The molecule has 0 aromatic rings. The van der Waals surface area contributed by atoms with Crippen LogP contribution in [0.2, 0.25) is 0 Å². The summed E-state index contributed by atoms with van der Waals surface area (Å²) >= 11 is 0. The van der Waals surface area contributed by atoms with Crippen LogP contribution in [0.3, 0.4) is 0 Å². The first-order chi connectivity index (χ1) is 12.4. The molecule has 0 bridgehead atoms. The monoisotopic (exact) mass is 356 g/mol. The third-order valence-electron chi connectivity index (χ3n) is 7.39. The van der Waals surface area contributed by atoms with Gasteiger partial charge in [0.15, 0.2) is 0 Å². The maximum atomic E-state index is 9.88. The largest absolute Gasteiger partial charge is 0.390 e. The molecule has 1 nitrogen and oxygen atoms in total. The Morgan fingerprint density at radius 3 is 2.50 bits per heavy atom. The van der Waals surface area contributed by atoms with Crippen molar-refractivity contribution >= 4 is 0 Å². The predicted molar refractivity (Wildman–Crippen MR) is 112 cm³/mol. The summed E-state index contributed by atoms with van der Waals surface area (Å²) in [5, 5.41) is 9.88. The molecule has 0 aliphatic heterocycles. The standard InChI is InChI=1S/C25H40O/c1-24(2,26)18-8-7-13-22-16-17-23-21(12-9-19-25(22,23)3)15-14-20-10-5-4-6-11-20/h7-8,14-15,22-23,26H,4-6,9-13,16-19H2,1-3H3/b8-7+,21-15+. The fourth-order valence-corrected chi connectivity index (χ4v) is 5.76. The second-order valence-corrected chi connectivity index (χ2v) is 10.0. The average molecular weight is 357 g/mol. The number of aliphatic hydroxyl groups is 1. The minimum atomic E-state index is -0.577. The van der Waals surface area contributed by atoms with Crippen LogP contribution in [0.1, 0.15) is 97.8 Å². The van der Waals surface area contributed by atoms with Gasteiger partial charge in [-0.15, -0.1) is 0 Å². The van der Waals surface area contributed by atoms with Crippen molar-refractivity contribution < 1.29 is 5.11 Å². The summed E-state index contributed by atoms with van der Waals surface area (Å²) in [7, 11) is 0. The molecule has 0 heterocycles. The molecular formula is C25H40O. The Labute approximate surface area is 161 Å². The summed E-state index contributed by atoms with van der Waals surface area (Å²) < 4.78 is 0. The quantitative estimate of drug-likeness (QED) is 0.520. The van der Waals surface area contributed by atoms with Gasteiger partial charge in [-0.05, 0) is 102 Å². The summed E-state index contributed by atoms with van der Waals surface area (Å²) in [6, 6.07) is 0. The van der Waals surface area contributed by atoms with Crippen molar-refractivity contribution in [1.29, 1.82) is 0 Å². The van der Waals surface area contributed by atoms with Crippen molar-refractivity contribution in [1.82, 2.24) is 0 Å². The molecule has 0 amide bonds. The molecule has 0 saturated heterocycles. The Bertz CT molecular complexity index is 551. The van der Waals surface area contributed by atoms with Gasteiger partial charge in [-0.1, -0.05) is 48.8 Å². The highest BCUT2D eigenvalue weighted by atomic mass is 16.3. The SMILES string of the molecule is CC(C)(O)C/C=C/CC1CCC2/C(=C/C=C3CCCCC3)CCCC12C. The van der Waals surface area contributed by atoms with Gasteiger partial charge in [0.25, 0.3) is 0 Å². The Morgan fingerprint density at radius 2 is 1.77 bits per heavy atom. The highest BCUT2D eigenvalue weighted by Crippen LogP contribution is 2.58. The van der Waals surface area contributed by atoms with Crippen molar-refractivity contribution in [2.24, 2.45) is 17.3 Å². The molecule has 3 aliphatic rings. The van der Waals surface area contributed by atoms with Crippen LogP contribution in [0.5, 0.6) is 0 Å². The minimum Gasteiger partial charge on any atom is -0.390 e. The maximum absolute atomic E-state index is 9.88. The number of hydrogen-bond acceptors (Lipinski definition) is 1. The van der Waals surface area contributed by atoms with E-state index in [-0.39, 0.29) is 0 Å². The second kappa shape index (κ2) is 8.46. The van der Waals surface area contributed by atoms with Crippen molar-refractivity contribution in [3.05, 3.63) is 35.5 Å². The molecule has 3 rings (SSSR count). The highest BCUT2D eigenvalue weighted by molar-refractivity contribution is 5.25. The molecule has 3 saturated carbocycles.